The van der Waals surface area contributed by atoms with Crippen LogP contribution in [0.2, 0.25) is 5.02 Å². The molecule has 3 nitrogen and oxygen atoms in total. The molecule has 0 saturated carbocycles. The molecule has 0 fully saturated rings. The standard InChI is InChI=1S/C16H14BrClN2O/c17-13-6-5-12(18)8-15(13)20-16(21)11-7-10-3-1-2-4-14(10)19-9-11/h1-6,8,11,19H,7,9H2,(H,20,21). The van der Waals surface area contributed by atoms with Crippen molar-refractivity contribution in [3.63, 3.8) is 0 Å². The molecule has 0 aliphatic carbocycles. The van der Waals surface area contributed by atoms with Crippen molar-refractivity contribution in [2.75, 3.05) is 17.2 Å². The summed E-state index contributed by atoms with van der Waals surface area (Å²) in [6.07, 6.45) is 0.743. The van der Waals surface area contributed by atoms with Gasteiger partial charge in [-0.15, -0.1) is 0 Å². The van der Waals surface area contributed by atoms with Crippen LogP contribution in [-0.2, 0) is 11.2 Å². The fourth-order valence-corrected chi connectivity index (χ4v) is 2.97. The van der Waals surface area contributed by atoms with Gasteiger partial charge in [0.05, 0.1) is 11.6 Å². The number of carbonyl (C=O) groups excluding carboxylic acids is 1. The number of fused-ring (bicyclic) bond motifs is 1. The van der Waals surface area contributed by atoms with Crippen LogP contribution in [0.25, 0.3) is 0 Å². The lowest BCUT2D eigenvalue weighted by Crippen LogP contribution is -2.33. The number of hydrogen-bond donors (Lipinski definition) is 2. The fraction of sp³-hybridized carbons (Fsp3) is 0.188. The van der Waals surface area contributed by atoms with E-state index in [1.165, 1.54) is 5.56 Å². The lowest BCUT2D eigenvalue weighted by Gasteiger charge is -2.25. The minimum atomic E-state index is -0.0919. The Morgan fingerprint density at radius 2 is 2.10 bits per heavy atom. The van der Waals surface area contributed by atoms with Crippen LogP contribution in [0.15, 0.2) is 46.9 Å². The summed E-state index contributed by atoms with van der Waals surface area (Å²) < 4.78 is 0.824. The summed E-state index contributed by atoms with van der Waals surface area (Å²) in [7, 11) is 0. The molecule has 1 atom stereocenters. The van der Waals surface area contributed by atoms with Crippen LogP contribution in [0.3, 0.4) is 0 Å². The maximum absolute atomic E-state index is 12.4. The predicted molar refractivity (Wildman–Crippen MR) is 89.9 cm³/mol. The summed E-state index contributed by atoms with van der Waals surface area (Å²) in [5.41, 5.74) is 2.99. The first kappa shape index (κ1) is 14.4. The molecule has 1 aliphatic heterocycles. The van der Waals surface area contributed by atoms with Crippen molar-refractivity contribution >= 4 is 44.8 Å². The quantitative estimate of drug-likeness (QED) is 0.832. The van der Waals surface area contributed by atoms with Gasteiger partial charge in [-0.1, -0.05) is 29.8 Å². The topological polar surface area (TPSA) is 41.1 Å². The Bertz CT molecular complexity index is 690. The fourth-order valence-electron chi connectivity index (χ4n) is 2.46. The highest BCUT2D eigenvalue weighted by Crippen LogP contribution is 2.28. The van der Waals surface area contributed by atoms with Gasteiger partial charge in [0, 0.05) is 21.7 Å². The number of para-hydroxylation sites is 1. The Balaban J connectivity index is 1.74. The second-order valence-corrected chi connectivity index (χ2v) is 6.34. The lowest BCUT2D eigenvalue weighted by molar-refractivity contribution is -0.119. The number of benzene rings is 2. The first-order valence-corrected chi connectivity index (χ1v) is 7.88. The first-order chi connectivity index (χ1) is 10.1. The van der Waals surface area contributed by atoms with Gasteiger partial charge in [-0.2, -0.15) is 0 Å². The minimum Gasteiger partial charge on any atom is -0.384 e. The minimum absolute atomic E-state index is 0.0000280. The first-order valence-electron chi connectivity index (χ1n) is 6.71. The molecule has 1 heterocycles. The van der Waals surface area contributed by atoms with Gasteiger partial charge in [-0.3, -0.25) is 4.79 Å². The van der Waals surface area contributed by atoms with E-state index in [0.717, 1.165) is 16.6 Å². The molecule has 1 aliphatic rings. The second-order valence-electron chi connectivity index (χ2n) is 5.05. The summed E-state index contributed by atoms with van der Waals surface area (Å²) in [5.74, 6) is -0.0919. The maximum atomic E-state index is 12.4. The van der Waals surface area contributed by atoms with E-state index >= 15 is 0 Å². The Hall–Kier alpha value is -1.52. The Labute approximate surface area is 136 Å². The smallest absolute Gasteiger partial charge is 0.229 e. The molecule has 2 aromatic rings. The van der Waals surface area contributed by atoms with Crippen molar-refractivity contribution in [2.24, 2.45) is 5.92 Å². The Morgan fingerprint density at radius 1 is 1.29 bits per heavy atom. The van der Waals surface area contributed by atoms with Crippen LogP contribution in [0, 0.1) is 5.92 Å². The third kappa shape index (κ3) is 3.22. The number of halogens is 2. The highest BCUT2D eigenvalue weighted by molar-refractivity contribution is 9.10. The Kier molecular flexibility index (Phi) is 4.17. The monoisotopic (exact) mass is 364 g/mol. The van der Waals surface area contributed by atoms with E-state index < -0.39 is 0 Å². The number of rotatable bonds is 2. The average Bonchev–Trinajstić information content (AvgIpc) is 2.50. The summed E-state index contributed by atoms with van der Waals surface area (Å²) >= 11 is 9.39. The zero-order valence-corrected chi connectivity index (χ0v) is 13.5. The van der Waals surface area contributed by atoms with E-state index in [0.29, 0.717) is 17.3 Å². The number of anilines is 2. The van der Waals surface area contributed by atoms with E-state index in [4.69, 9.17) is 11.6 Å². The van der Waals surface area contributed by atoms with Crippen molar-refractivity contribution in [1.82, 2.24) is 0 Å². The largest absolute Gasteiger partial charge is 0.384 e. The molecule has 21 heavy (non-hydrogen) atoms. The van der Waals surface area contributed by atoms with Gasteiger partial charge in [0.15, 0.2) is 0 Å². The third-order valence-corrected chi connectivity index (χ3v) is 4.51. The molecular formula is C16H14BrClN2O. The Morgan fingerprint density at radius 3 is 2.95 bits per heavy atom. The molecule has 0 bridgehead atoms. The highest BCUT2D eigenvalue weighted by Gasteiger charge is 2.24. The molecule has 1 amide bonds. The summed E-state index contributed by atoms with van der Waals surface area (Å²) in [4.78, 5) is 12.4. The van der Waals surface area contributed by atoms with Crippen molar-refractivity contribution in [3.8, 4) is 0 Å². The van der Waals surface area contributed by atoms with Crippen LogP contribution in [0.1, 0.15) is 5.56 Å². The van der Waals surface area contributed by atoms with Crippen molar-refractivity contribution < 1.29 is 4.79 Å². The van der Waals surface area contributed by atoms with E-state index in [-0.39, 0.29) is 11.8 Å². The predicted octanol–water partition coefficient (Wildman–Crippen LogP) is 4.33. The molecule has 0 aromatic heterocycles. The number of carbonyl (C=O) groups is 1. The normalized spacial score (nSPS) is 16.8. The van der Waals surface area contributed by atoms with Gasteiger partial charge in [0.25, 0.3) is 0 Å². The lowest BCUT2D eigenvalue weighted by atomic mass is 9.93. The molecule has 108 valence electrons. The van der Waals surface area contributed by atoms with Gasteiger partial charge in [-0.05, 0) is 52.2 Å². The maximum Gasteiger partial charge on any atom is 0.229 e. The zero-order valence-electron chi connectivity index (χ0n) is 11.2. The molecule has 2 aromatic carbocycles. The van der Waals surface area contributed by atoms with Gasteiger partial charge < -0.3 is 10.6 Å². The molecule has 0 spiro atoms. The summed E-state index contributed by atoms with van der Waals surface area (Å²) in [6, 6.07) is 13.4. The molecule has 5 heteroatoms. The number of hydrogen-bond acceptors (Lipinski definition) is 2. The molecule has 3 rings (SSSR count). The van der Waals surface area contributed by atoms with E-state index in [1.54, 1.807) is 12.1 Å². The molecule has 0 radical (unpaired) electrons. The highest BCUT2D eigenvalue weighted by atomic mass is 79.9. The zero-order chi connectivity index (χ0) is 14.8. The average molecular weight is 366 g/mol. The van der Waals surface area contributed by atoms with Crippen molar-refractivity contribution in [3.05, 3.63) is 57.5 Å². The van der Waals surface area contributed by atoms with Crippen LogP contribution in [-0.4, -0.2) is 12.5 Å². The number of amides is 1. The van der Waals surface area contributed by atoms with Crippen LogP contribution in [0.5, 0.6) is 0 Å². The van der Waals surface area contributed by atoms with Crippen molar-refractivity contribution in [2.45, 2.75) is 6.42 Å². The van der Waals surface area contributed by atoms with Gasteiger partial charge in [0.1, 0.15) is 0 Å². The molecule has 0 saturated heterocycles. The molecule has 1 unspecified atom stereocenters. The van der Waals surface area contributed by atoms with E-state index in [1.807, 2.05) is 24.3 Å². The van der Waals surface area contributed by atoms with Crippen molar-refractivity contribution in [1.29, 1.82) is 0 Å². The van der Waals surface area contributed by atoms with Crippen LogP contribution >= 0.6 is 27.5 Å². The molecular weight excluding hydrogens is 352 g/mol. The van der Waals surface area contributed by atoms with Gasteiger partial charge in [-0.25, -0.2) is 0 Å². The number of nitrogens with one attached hydrogen (secondary N) is 2. The summed E-state index contributed by atoms with van der Waals surface area (Å²) in [6.45, 7) is 0.640. The van der Waals surface area contributed by atoms with Gasteiger partial charge in [0.2, 0.25) is 5.91 Å². The second kappa shape index (κ2) is 6.08. The van der Waals surface area contributed by atoms with Crippen LogP contribution in [0.4, 0.5) is 11.4 Å². The third-order valence-electron chi connectivity index (χ3n) is 3.58. The summed E-state index contributed by atoms with van der Waals surface area (Å²) in [5, 5.41) is 6.85. The molecule has 2 N–H and O–H groups in total. The van der Waals surface area contributed by atoms with Crippen LogP contribution < -0.4 is 10.6 Å². The SMILES string of the molecule is O=C(Nc1cc(Cl)ccc1Br)C1CNc2ccccc2C1. The van der Waals surface area contributed by atoms with E-state index in [9.17, 15) is 4.79 Å². The van der Waals surface area contributed by atoms with E-state index in [2.05, 4.69) is 32.6 Å². The van der Waals surface area contributed by atoms with Gasteiger partial charge >= 0.3 is 0 Å².